The molecule has 1 aliphatic rings. The Morgan fingerprint density at radius 2 is 0.900 bits per heavy atom. The topological polar surface area (TPSA) is 0 Å². The molecule has 0 fully saturated rings. The maximum atomic E-state index is 2.48. The molecule has 0 nitrogen and oxygen atoms in total. The van der Waals surface area contributed by atoms with E-state index in [4.69, 9.17) is 0 Å². The largest absolute Gasteiger partial charge is 1.00 e. The van der Waals surface area contributed by atoms with Gasteiger partial charge in [-0.3, -0.25) is 0 Å². The Kier molecular flexibility index (Phi) is 10.2. The smallest absolute Gasteiger partial charge is 1.00 e. The number of rotatable bonds is 3. The van der Waals surface area contributed by atoms with Crippen molar-refractivity contribution in [2.24, 2.45) is 5.41 Å². The van der Waals surface area contributed by atoms with Gasteiger partial charge in [0, 0.05) is 0 Å². The number of hydrogen-bond donors (Lipinski definition) is 0. The van der Waals surface area contributed by atoms with Crippen molar-refractivity contribution in [3.63, 3.8) is 0 Å². The Balaban J connectivity index is 0.00000280. The molecule has 2 aromatic carbocycles. The first kappa shape index (κ1) is 29.5. The van der Waals surface area contributed by atoms with Crippen molar-refractivity contribution in [1.82, 2.24) is 0 Å². The quantitative estimate of drug-likeness (QED) is 0.450. The monoisotopic (exact) mass is 496 g/mol. The molecule has 0 radical (unpaired) electrons. The fourth-order valence-corrected chi connectivity index (χ4v) is 7.00. The van der Waals surface area contributed by atoms with E-state index in [1.165, 1.54) is 33.4 Å². The summed E-state index contributed by atoms with van der Waals surface area (Å²) in [6, 6.07) is 22.3. The van der Waals surface area contributed by atoms with Gasteiger partial charge in [-0.1, -0.05) is 0 Å². The molecule has 3 rings (SSSR count). The van der Waals surface area contributed by atoms with Crippen molar-refractivity contribution in [1.29, 1.82) is 0 Å². The molecule has 0 aliphatic heterocycles. The molecular weight excluding hydrogens is 467 g/mol. The fourth-order valence-electron chi connectivity index (χ4n) is 5.37. The summed E-state index contributed by atoms with van der Waals surface area (Å²) >= 11 is 2.48. The summed E-state index contributed by atoms with van der Waals surface area (Å²) in [5.74, 6) is 0. The van der Waals surface area contributed by atoms with Gasteiger partial charge in [0.15, 0.2) is 0 Å². The van der Waals surface area contributed by atoms with Gasteiger partial charge in [0.2, 0.25) is 0 Å². The van der Waals surface area contributed by atoms with Crippen molar-refractivity contribution in [3.05, 3.63) is 94.1 Å². The van der Waals surface area contributed by atoms with Crippen molar-refractivity contribution < 1.29 is 57.7 Å². The van der Waals surface area contributed by atoms with Gasteiger partial charge in [-0.15, -0.1) is 0 Å². The van der Waals surface area contributed by atoms with Crippen LogP contribution >= 0.6 is 0 Å². The summed E-state index contributed by atoms with van der Waals surface area (Å²) in [6.07, 6.45) is 0. The summed E-state index contributed by atoms with van der Waals surface area (Å²) in [7, 11) is 0. The van der Waals surface area contributed by atoms with Crippen molar-refractivity contribution in [2.45, 2.75) is 57.6 Å². The molecule has 0 bridgehead atoms. The third-order valence-corrected chi connectivity index (χ3v) is 8.67. The SMILES string of the molecule is CC1=C(C)[C]([Ti+3])(C(c2ccccc2)(c2ccccc2)C(C)(C)C)C(C)=C1C.[Cl-].[Cl-].[Cl-]. The molecule has 1 aliphatic carbocycles. The van der Waals surface area contributed by atoms with E-state index in [0.717, 1.165) is 0 Å². The van der Waals surface area contributed by atoms with Gasteiger partial charge in [-0.05, 0) is 0 Å². The van der Waals surface area contributed by atoms with E-state index in [2.05, 4.69) is 130 Å². The van der Waals surface area contributed by atoms with Gasteiger partial charge in [-0.2, -0.15) is 0 Å². The molecule has 4 heteroatoms. The average molecular weight is 498 g/mol. The second kappa shape index (κ2) is 10.4. The number of halogens is 3. The number of hydrogen-bond acceptors (Lipinski definition) is 0. The van der Waals surface area contributed by atoms with E-state index in [1.54, 1.807) is 0 Å². The summed E-state index contributed by atoms with van der Waals surface area (Å²) in [4.78, 5) is 0. The zero-order chi connectivity index (χ0) is 20.0. The summed E-state index contributed by atoms with van der Waals surface area (Å²) < 4.78 is -0.0812. The molecule has 0 N–H and O–H groups in total. The van der Waals surface area contributed by atoms with E-state index in [1.807, 2.05) is 0 Å². The van der Waals surface area contributed by atoms with E-state index in [9.17, 15) is 0 Å². The van der Waals surface area contributed by atoms with Crippen LogP contribution < -0.4 is 37.2 Å². The van der Waals surface area contributed by atoms with Crippen LogP contribution in [0.4, 0.5) is 0 Å². The number of allylic oxidation sites excluding steroid dienone is 4. The molecule has 0 unspecified atom stereocenters. The molecule has 2 aromatic rings. The maximum Gasteiger partial charge on any atom is -1.00 e. The Morgan fingerprint density at radius 3 is 1.17 bits per heavy atom. The minimum absolute atomic E-state index is 0. The molecule has 0 aromatic heterocycles. The average Bonchev–Trinajstić information content (AvgIpc) is 2.79. The standard InChI is InChI=1S/C26H31.3ClH.Ti/c1-18-19(2)21(4)24(20(18)3)26(25(5,6)7,22-14-10-8-11-15-22)23-16-12-9-13-17-23;;;;/h8-17H,1-7H3;3*1H;/q;;;;+3/p-3. The van der Waals surface area contributed by atoms with E-state index >= 15 is 0 Å². The van der Waals surface area contributed by atoms with Crippen LogP contribution in [0, 0.1) is 5.41 Å². The van der Waals surface area contributed by atoms with Crippen LogP contribution in [0.15, 0.2) is 83.0 Å². The first-order valence-electron chi connectivity index (χ1n) is 9.82. The summed E-state index contributed by atoms with van der Waals surface area (Å²) in [5, 5.41) is 0. The molecule has 0 atom stereocenters. The molecule has 0 saturated heterocycles. The molecular formula is C26H31Cl3Ti. The normalized spacial score (nSPS) is 15.9. The van der Waals surface area contributed by atoms with Crippen LogP contribution in [-0.4, -0.2) is 0 Å². The van der Waals surface area contributed by atoms with Crippen LogP contribution in [0.2, 0.25) is 3.72 Å². The number of benzene rings is 2. The Labute approximate surface area is 213 Å². The molecule has 0 amide bonds. The van der Waals surface area contributed by atoms with Crippen molar-refractivity contribution >= 4 is 0 Å². The molecule has 30 heavy (non-hydrogen) atoms. The van der Waals surface area contributed by atoms with Crippen LogP contribution in [0.25, 0.3) is 0 Å². The Morgan fingerprint density at radius 1 is 0.600 bits per heavy atom. The van der Waals surface area contributed by atoms with Crippen LogP contribution in [0.3, 0.4) is 0 Å². The Bertz CT molecular complexity index is 843. The summed E-state index contributed by atoms with van der Waals surface area (Å²) in [6.45, 7) is 16.5. The molecule has 160 valence electrons. The fraction of sp³-hybridized carbons (Fsp3) is 0.385. The zero-order valence-corrected chi connectivity index (χ0v) is 22.7. The van der Waals surface area contributed by atoms with Gasteiger partial charge in [0.05, 0.1) is 0 Å². The van der Waals surface area contributed by atoms with Gasteiger partial charge in [0.25, 0.3) is 0 Å². The van der Waals surface area contributed by atoms with Gasteiger partial charge in [-0.25, -0.2) is 0 Å². The van der Waals surface area contributed by atoms with Gasteiger partial charge < -0.3 is 37.2 Å². The summed E-state index contributed by atoms with van der Waals surface area (Å²) in [5.41, 5.74) is 8.54. The minimum atomic E-state index is -0.171. The predicted octanol–water partition coefficient (Wildman–Crippen LogP) is -1.58. The second-order valence-electron chi connectivity index (χ2n) is 8.98. The molecule has 0 spiro atoms. The van der Waals surface area contributed by atoms with Crippen molar-refractivity contribution in [3.8, 4) is 0 Å². The molecule has 0 heterocycles. The third-order valence-electron chi connectivity index (χ3n) is 6.91. The van der Waals surface area contributed by atoms with Crippen LogP contribution in [0.1, 0.15) is 59.6 Å². The van der Waals surface area contributed by atoms with Gasteiger partial charge in [0.1, 0.15) is 0 Å². The second-order valence-corrected chi connectivity index (χ2v) is 10.2. The van der Waals surface area contributed by atoms with E-state index in [0.29, 0.717) is 0 Å². The predicted molar refractivity (Wildman–Crippen MR) is 113 cm³/mol. The van der Waals surface area contributed by atoms with Crippen LogP contribution in [0.5, 0.6) is 0 Å². The van der Waals surface area contributed by atoms with E-state index < -0.39 is 0 Å². The Hall–Kier alpha value is -0.496. The van der Waals surface area contributed by atoms with E-state index in [-0.39, 0.29) is 51.8 Å². The first-order valence-corrected chi connectivity index (χ1v) is 10.6. The zero-order valence-electron chi connectivity index (χ0n) is 18.9. The third kappa shape index (κ3) is 4.00. The van der Waals surface area contributed by atoms with Gasteiger partial charge >= 0.3 is 178 Å². The first-order chi connectivity index (χ1) is 12.6. The van der Waals surface area contributed by atoms with Crippen LogP contribution in [-0.2, 0) is 25.9 Å². The molecule has 0 saturated carbocycles. The minimum Gasteiger partial charge on any atom is -1.00 e. The maximum absolute atomic E-state index is 2.48. The van der Waals surface area contributed by atoms with Crippen molar-refractivity contribution in [2.75, 3.05) is 0 Å².